The third-order valence-electron chi connectivity index (χ3n) is 3.56. The number of benzene rings is 1. The van der Waals surface area contributed by atoms with Crippen molar-refractivity contribution in [1.29, 1.82) is 0 Å². The number of nitrogen functional groups attached to an aromatic ring is 1. The van der Waals surface area contributed by atoms with Gasteiger partial charge in [0.25, 0.3) is 0 Å². The van der Waals surface area contributed by atoms with Crippen LogP contribution >= 0.6 is 11.6 Å². The van der Waals surface area contributed by atoms with Crippen LogP contribution in [0.5, 0.6) is 0 Å². The summed E-state index contributed by atoms with van der Waals surface area (Å²) in [6.45, 7) is 3.99. The molecular formula is C16H15ClN4. The molecule has 0 aliphatic heterocycles. The Balaban J connectivity index is 2.29. The van der Waals surface area contributed by atoms with Gasteiger partial charge in [0.2, 0.25) is 0 Å². The first-order chi connectivity index (χ1) is 10.1. The number of rotatable bonds is 2. The molecule has 4 nitrogen and oxygen atoms in total. The summed E-state index contributed by atoms with van der Waals surface area (Å²) in [5.41, 5.74) is 9.56. The fraction of sp³-hybridized carbons (Fsp3) is 0.188. The van der Waals surface area contributed by atoms with E-state index in [0.717, 1.165) is 34.1 Å². The lowest BCUT2D eigenvalue weighted by atomic mass is 10.1. The minimum atomic E-state index is 0.527. The van der Waals surface area contributed by atoms with Gasteiger partial charge in [-0.3, -0.25) is 4.98 Å². The number of halogens is 1. The average Bonchev–Trinajstić information content (AvgIpc) is 2.47. The molecule has 0 atom stereocenters. The van der Waals surface area contributed by atoms with Crippen LogP contribution in [0.4, 0.5) is 5.82 Å². The zero-order valence-electron chi connectivity index (χ0n) is 11.9. The van der Waals surface area contributed by atoms with E-state index in [9.17, 15) is 0 Å². The van der Waals surface area contributed by atoms with E-state index < -0.39 is 0 Å². The predicted molar refractivity (Wildman–Crippen MR) is 86.3 cm³/mol. The standard InChI is InChI=1S/C16H15ClN4/c1-3-10-9(2)20-16(21-15(10)18)12-6-7-13(17)11-5-4-8-19-14(11)12/h4-8H,3H2,1-2H3,(H2,18,20,21). The monoisotopic (exact) mass is 298 g/mol. The van der Waals surface area contributed by atoms with Gasteiger partial charge >= 0.3 is 0 Å². The largest absolute Gasteiger partial charge is 0.383 e. The van der Waals surface area contributed by atoms with Crippen molar-refractivity contribution in [3.05, 3.63) is 46.7 Å². The summed E-state index contributed by atoms with van der Waals surface area (Å²) >= 11 is 6.22. The molecule has 0 radical (unpaired) electrons. The normalized spacial score (nSPS) is 11.0. The zero-order valence-corrected chi connectivity index (χ0v) is 12.6. The van der Waals surface area contributed by atoms with E-state index in [1.54, 1.807) is 6.20 Å². The second kappa shape index (κ2) is 5.30. The van der Waals surface area contributed by atoms with E-state index in [-0.39, 0.29) is 0 Å². The number of fused-ring (bicyclic) bond motifs is 1. The number of hydrogen-bond donors (Lipinski definition) is 1. The summed E-state index contributed by atoms with van der Waals surface area (Å²) in [4.78, 5) is 13.4. The van der Waals surface area contributed by atoms with E-state index in [4.69, 9.17) is 17.3 Å². The predicted octanol–water partition coefficient (Wildman–Crippen LogP) is 3.80. The van der Waals surface area contributed by atoms with Gasteiger partial charge in [0.1, 0.15) is 5.82 Å². The number of pyridine rings is 1. The average molecular weight is 299 g/mol. The first-order valence-electron chi connectivity index (χ1n) is 6.78. The molecule has 5 heteroatoms. The van der Waals surface area contributed by atoms with Crippen molar-refractivity contribution in [2.24, 2.45) is 0 Å². The topological polar surface area (TPSA) is 64.7 Å². The van der Waals surface area contributed by atoms with Gasteiger partial charge in [-0.2, -0.15) is 0 Å². The molecule has 0 amide bonds. The lowest BCUT2D eigenvalue weighted by Crippen LogP contribution is -2.04. The summed E-state index contributed by atoms with van der Waals surface area (Å²) < 4.78 is 0. The smallest absolute Gasteiger partial charge is 0.163 e. The molecule has 2 heterocycles. The Labute approximate surface area is 128 Å². The van der Waals surface area contributed by atoms with Crippen LogP contribution in [0.15, 0.2) is 30.5 Å². The van der Waals surface area contributed by atoms with Crippen LogP contribution in [0.3, 0.4) is 0 Å². The lowest BCUT2D eigenvalue weighted by Gasteiger charge is -2.10. The molecule has 0 bridgehead atoms. The first kappa shape index (κ1) is 13.8. The van der Waals surface area contributed by atoms with E-state index in [2.05, 4.69) is 15.0 Å². The lowest BCUT2D eigenvalue weighted by molar-refractivity contribution is 1.01. The molecule has 0 saturated heterocycles. The molecule has 0 spiro atoms. The molecular weight excluding hydrogens is 284 g/mol. The number of anilines is 1. The SMILES string of the molecule is CCc1c(C)nc(-c2ccc(Cl)c3cccnc23)nc1N. The van der Waals surface area contributed by atoms with Crippen molar-refractivity contribution >= 4 is 28.3 Å². The second-order valence-electron chi connectivity index (χ2n) is 4.84. The number of hydrogen-bond acceptors (Lipinski definition) is 4. The Morgan fingerprint density at radius 3 is 2.71 bits per heavy atom. The van der Waals surface area contributed by atoms with E-state index in [1.807, 2.05) is 38.1 Å². The number of aryl methyl sites for hydroxylation is 1. The Morgan fingerprint density at radius 1 is 1.19 bits per heavy atom. The maximum atomic E-state index is 6.22. The number of nitrogens with two attached hydrogens (primary N) is 1. The van der Waals surface area contributed by atoms with E-state index >= 15 is 0 Å². The van der Waals surface area contributed by atoms with Crippen LogP contribution in [0.2, 0.25) is 5.02 Å². The van der Waals surface area contributed by atoms with Gasteiger partial charge in [-0.05, 0) is 37.6 Å². The van der Waals surface area contributed by atoms with Crippen molar-refractivity contribution < 1.29 is 0 Å². The summed E-state index contributed by atoms with van der Waals surface area (Å²) in [7, 11) is 0. The quantitative estimate of drug-likeness (QED) is 0.781. The highest BCUT2D eigenvalue weighted by Gasteiger charge is 2.13. The molecule has 2 aromatic heterocycles. The Morgan fingerprint density at radius 2 is 2.00 bits per heavy atom. The molecule has 1 aromatic carbocycles. The first-order valence-corrected chi connectivity index (χ1v) is 7.16. The van der Waals surface area contributed by atoms with Gasteiger partial charge in [0, 0.05) is 28.4 Å². The summed E-state index contributed by atoms with van der Waals surface area (Å²) in [6.07, 6.45) is 2.55. The van der Waals surface area contributed by atoms with Crippen molar-refractivity contribution in [3.8, 4) is 11.4 Å². The highest BCUT2D eigenvalue weighted by atomic mass is 35.5. The van der Waals surface area contributed by atoms with Gasteiger partial charge in [-0.15, -0.1) is 0 Å². The van der Waals surface area contributed by atoms with Crippen LogP contribution in [0.25, 0.3) is 22.3 Å². The summed E-state index contributed by atoms with van der Waals surface area (Å²) in [5.74, 6) is 1.11. The van der Waals surface area contributed by atoms with Gasteiger partial charge in [0.05, 0.1) is 10.5 Å². The van der Waals surface area contributed by atoms with E-state index in [0.29, 0.717) is 16.7 Å². The van der Waals surface area contributed by atoms with Crippen LogP contribution < -0.4 is 5.73 Å². The molecule has 21 heavy (non-hydrogen) atoms. The van der Waals surface area contributed by atoms with E-state index in [1.165, 1.54) is 0 Å². The van der Waals surface area contributed by atoms with Crippen molar-refractivity contribution in [3.63, 3.8) is 0 Å². The van der Waals surface area contributed by atoms with Gasteiger partial charge in [-0.25, -0.2) is 9.97 Å². The Kier molecular flexibility index (Phi) is 3.47. The minimum absolute atomic E-state index is 0.527. The maximum absolute atomic E-state index is 6.22. The van der Waals surface area contributed by atoms with Gasteiger partial charge in [-0.1, -0.05) is 18.5 Å². The van der Waals surface area contributed by atoms with Crippen LogP contribution in [-0.2, 0) is 6.42 Å². The van der Waals surface area contributed by atoms with Crippen LogP contribution in [0, 0.1) is 6.92 Å². The van der Waals surface area contributed by atoms with Crippen molar-refractivity contribution in [2.75, 3.05) is 5.73 Å². The highest BCUT2D eigenvalue weighted by Crippen LogP contribution is 2.31. The Hall–Kier alpha value is -2.20. The fourth-order valence-electron chi connectivity index (χ4n) is 2.49. The number of aromatic nitrogens is 3. The molecule has 0 unspecified atom stereocenters. The molecule has 0 saturated carbocycles. The third kappa shape index (κ3) is 2.32. The Bertz CT molecular complexity index is 807. The molecule has 0 fully saturated rings. The van der Waals surface area contributed by atoms with Gasteiger partial charge < -0.3 is 5.73 Å². The molecule has 0 aliphatic rings. The summed E-state index contributed by atoms with van der Waals surface area (Å²) in [5, 5.41) is 1.55. The molecule has 3 aromatic rings. The molecule has 2 N–H and O–H groups in total. The molecule has 106 valence electrons. The second-order valence-corrected chi connectivity index (χ2v) is 5.25. The number of nitrogens with zero attached hydrogens (tertiary/aromatic N) is 3. The zero-order chi connectivity index (χ0) is 15.0. The molecule has 0 aliphatic carbocycles. The fourth-order valence-corrected chi connectivity index (χ4v) is 2.71. The van der Waals surface area contributed by atoms with Crippen molar-refractivity contribution in [2.45, 2.75) is 20.3 Å². The van der Waals surface area contributed by atoms with Gasteiger partial charge in [0.15, 0.2) is 5.82 Å². The third-order valence-corrected chi connectivity index (χ3v) is 3.89. The minimum Gasteiger partial charge on any atom is -0.383 e. The molecule has 3 rings (SSSR count). The highest BCUT2D eigenvalue weighted by molar-refractivity contribution is 6.35. The van der Waals surface area contributed by atoms with Crippen LogP contribution in [-0.4, -0.2) is 15.0 Å². The van der Waals surface area contributed by atoms with Crippen molar-refractivity contribution in [1.82, 2.24) is 15.0 Å². The van der Waals surface area contributed by atoms with Crippen LogP contribution in [0.1, 0.15) is 18.2 Å². The summed E-state index contributed by atoms with van der Waals surface area (Å²) in [6, 6.07) is 7.52. The maximum Gasteiger partial charge on any atom is 0.163 e.